The van der Waals surface area contributed by atoms with E-state index in [4.69, 9.17) is 4.74 Å². The van der Waals surface area contributed by atoms with E-state index in [1.54, 1.807) is 0 Å². The van der Waals surface area contributed by atoms with E-state index < -0.39 is 0 Å². The monoisotopic (exact) mass is 278 g/mol. The summed E-state index contributed by atoms with van der Waals surface area (Å²) in [5.74, 6) is 0. The van der Waals surface area contributed by atoms with E-state index in [2.05, 4.69) is 65.8 Å². The zero-order chi connectivity index (χ0) is 15.2. The number of rotatable bonds is 0. The summed E-state index contributed by atoms with van der Waals surface area (Å²) in [5.41, 5.74) is 10.2. The number of hydrogen-bond acceptors (Lipinski definition) is 1. The number of benzene rings is 2. The van der Waals surface area contributed by atoms with Crippen molar-refractivity contribution in [1.29, 1.82) is 0 Å². The third-order valence-corrected chi connectivity index (χ3v) is 5.73. The van der Waals surface area contributed by atoms with Gasteiger partial charge in [0.05, 0.1) is 0 Å². The lowest BCUT2D eigenvalue weighted by Crippen LogP contribution is -2.22. The minimum Gasteiger partial charge on any atom is -0.350 e. The van der Waals surface area contributed by atoms with Gasteiger partial charge < -0.3 is 4.74 Å². The van der Waals surface area contributed by atoms with Crippen molar-refractivity contribution < 1.29 is 4.74 Å². The van der Waals surface area contributed by atoms with Crippen LogP contribution in [-0.4, -0.2) is 0 Å². The van der Waals surface area contributed by atoms with E-state index in [1.807, 2.05) is 0 Å². The summed E-state index contributed by atoms with van der Waals surface area (Å²) in [4.78, 5) is 0. The minimum absolute atomic E-state index is 0.295. The molecule has 1 nitrogen and oxygen atoms in total. The van der Waals surface area contributed by atoms with Gasteiger partial charge in [0.15, 0.2) is 0 Å². The number of aryl methyl sites for hydroxylation is 4. The first kappa shape index (κ1) is 13.1. The highest BCUT2D eigenvalue weighted by molar-refractivity contribution is 5.63. The lowest BCUT2D eigenvalue weighted by atomic mass is 9.72. The van der Waals surface area contributed by atoms with Crippen molar-refractivity contribution in [3.8, 4) is 0 Å². The average Bonchev–Trinajstić information content (AvgIpc) is 2.76. The standard InChI is InChI=1S/C20H22O/c1-11-7-15-16(8-12(11)2)20(6)18-10-14(4)13(3)9-17(18)19(15,5)21-20/h7-10H,1-6H3. The van der Waals surface area contributed by atoms with Gasteiger partial charge in [-0.05, 0) is 86.1 Å². The molecule has 0 unspecified atom stereocenters. The van der Waals surface area contributed by atoms with Crippen LogP contribution in [0.3, 0.4) is 0 Å². The zero-order valence-electron chi connectivity index (χ0n) is 13.7. The summed E-state index contributed by atoms with van der Waals surface area (Å²) in [6, 6.07) is 9.31. The Morgan fingerprint density at radius 1 is 0.571 bits per heavy atom. The summed E-state index contributed by atoms with van der Waals surface area (Å²) >= 11 is 0. The summed E-state index contributed by atoms with van der Waals surface area (Å²) in [6.07, 6.45) is 0. The van der Waals surface area contributed by atoms with Crippen molar-refractivity contribution in [2.75, 3.05) is 0 Å². The van der Waals surface area contributed by atoms with Crippen molar-refractivity contribution in [2.45, 2.75) is 52.7 Å². The largest absolute Gasteiger partial charge is 0.350 e. The molecule has 2 aromatic carbocycles. The molecule has 0 N–H and O–H groups in total. The van der Waals surface area contributed by atoms with Crippen LogP contribution in [0.5, 0.6) is 0 Å². The van der Waals surface area contributed by atoms with Crippen LogP contribution in [0.1, 0.15) is 58.4 Å². The Morgan fingerprint density at radius 3 is 1.05 bits per heavy atom. The van der Waals surface area contributed by atoms with Gasteiger partial charge in [0.1, 0.15) is 11.2 Å². The average molecular weight is 278 g/mol. The molecule has 108 valence electrons. The fraction of sp³-hybridized carbons (Fsp3) is 0.400. The van der Waals surface area contributed by atoms with Gasteiger partial charge in [-0.25, -0.2) is 0 Å². The van der Waals surface area contributed by atoms with E-state index in [1.165, 1.54) is 44.5 Å². The fourth-order valence-electron chi connectivity index (χ4n) is 4.13. The summed E-state index contributed by atoms with van der Waals surface area (Å²) in [6.45, 7) is 13.2. The highest BCUT2D eigenvalue weighted by Gasteiger charge is 2.58. The topological polar surface area (TPSA) is 9.23 Å². The molecule has 2 aliphatic heterocycles. The van der Waals surface area contributed by atoms with E-state index in [0.717, 1.165) is 0 Å². The smallest absolute Gasteiger partial charge is 0.118 e. The molecule has 2 bridgehead atoms. The number of fused-ring (bicyclic) bond motifs is 8. The Labute approximate surface area is 127 Å². The van der Waals surface area contributed by atoms with Gasteiger partial charge in [-0.15, -0.1) is 0 Å². The molecule has 0 aliphatic carbocycles. The molecule has 21 heavy (non-hydrogen) atoms. The Balaban J connectivity index is 2.10. The predicted molar refractivity (Wildman–Crippen MR) is 85.8 cm³/mol. The first-order valence-corrected chi connectivity index (χ1v) is 7.72. The van der Waals surface area contributed by atoms with Crippen molar-refractivity contribution in [3.63, 3.8) is 0 Å². The van der Waals surface area contributed by atoms with Crippen molar-refractivity contribution in [1.82, 2.24) is 0 Å². The molecule has 0 aromatic heterocycles. The molecule has 0 saturated heterocycles. The Hall–Kier alpha value is -1.60. The van der Waals surface area contributed by atoms with Gasteiger partial charge in [-0.1, -0.05) is 24.3 Å². The molecule has 1 heteroatoms. The van der Waals surface area contributed by atoms with Crippen LogP contribution >= 0.6 is 0 Å². The zero-order valence-corrected chi connectivity index (χ0v) is 13.7. The molecule has 2 aliphatic rings. The van der Waals surface area contributed by atoms with Crippen molar-refractivity contribution in [3.05, 3.63) is 68.8 Å². The maximum Gasteiger partial charge on any atom is 0.118 e. The van der Waals surface area contributed by atoms with E-state index >= 15 is 0 Å². The summed E-state index contributed by atoms with van der Waals surface area (Å²) in [7, 11) is 0. The Morgan fingerprint density at radius 2 is 0.810 bits per heavy atom. The summed E-state index contributed by atoms with van der Waals surface area (Å²) < 4.78 is 6.61. The van der Waals surface area contributed by atoms with Crippen LogP contribution in [0, 0.1) is 27.7 Å². The second kappa shape index (κ2) is 3.59. The van der Waals surface area contributed by atoms with Crippen LogP contribution < -0.4 is 0 Å². The third kappa shape index (κ3) is 1.36. The highest BCUT2D eigenvalue weighted by Crippen LogP contribution is 2.61. The normalized spacial score (nSPS) is 28.7. The molecular weight excluding hydrogens is 256 g/mol. The molecule has 0 saturated carbocycles. The second-order valence-corrected chi connectivity index (χ2v) is 7.13. The predicted octanol–water partition coefficient (Wildman–Crippen LogP) is 4.79. The minimum atomic E-state index is -0.295. The van der Waals surface area contributed by atoms with Crippen LogP contribution in [0.2, 0.25) is 0 Å². The van der Waals surface area contributed by atoms with Gasteiger partial charge in [0.25, 0.3) is 0 Å². The molecule has 4 rings (SSSR count). The molecule has 2 aromatic rings. The third-order valence-electron chi connectivity index (χ3n) is 5.73. The maximum atomic E-state index is 6.61. The first-order chi connectivity index (χ1) is 9.77. The Kier molecular flexibility index (Phi) is 2.24. The van der Waals surface area contributed by atoms with Gasteiger partial charge in [-0.2, -0.15) is 0 Å². The molecular formula is C20H22O. The number of ether oxygens (including phenoxy) is 1. The maximum absolute atomic E-state index is 6.61. The van der Waals surface area contributed by atoms with Gasteiger partial charge in [0.2, 0.25) is 0 Å². The van der Waals surface area contributed by atoms with Crippen LogP contribution in [0.15, 0.2) is 24.3 Å². The lowest BCUT2D eigenvalue weighted by Gasteiger charge is -2.28. The fourth-order valence-corrected chi connectivity index (χ4v) is 4.13. The van der Waals surface area contributed by atoms with Crippen LogP contribution in [0.25, 0.3) is 0 Å². The SMILES string of the molecule is Cc1cc2c(cc1C)C1(C)OC2(C)c2cc(C)c(C)cc21. The second-order valence-electron chi connectivity index (χ2n) is 7.13. The van der Waals surface area contributed by atoms with Gasteiger partial charge in [-0.3, -0.25) is 0 Å². The van der Waals surface area contributed by atoms with E-state index in [-0.39, 0.29) is 11.2 Å². The van der Waals surface area contributed by atoms with E-state index in [0.29, 0.717) is 0 Å². The first-order valence-electron chi connectivity index (χ1n) is 7.72. The van der Waals surface area contributed by atoms with Crippen LogP contribution in [-0.2, 0) is 15.9 Å². The molecule has 0 fully saturated rings. The van der Waals surface area contributed by atoms with Crippen molar-refractivity contribution >= 4 is 0 Å². The van der Waals surface area contributed by atoms with Crippen molar-refractivity contribution in [2.24, 2.45) is 0 Å². The molecule has 0 amide bonds. The van der Waals surface area contributed by atoms with Gasteiger partial charge >= 0.3 is 0 Å². The highest BCUT2D eigenvalue weighted by atomic mass is 16.5. The van der Waals surface area contributed by atoms with Crippen LogP contribution in [0.4, 0.5) is 0 Å². The molecule has 0 atom stereocenters. The molecule has 0 radical (unpaired) electrons. The number of hydrogen-bond donors (Lipinski definition) is 0. The molecule has 2 heterocycles. The Bertz CT molecular complexity index is 672. The lowest BCUT2D eigenvalue weighted by molar-refractivity contribution is -0.0515. The van der Waals surface area contributed by atoms with E-state index in [9.17, 15) is 0 Å². The van der Waals surface area contributed by atoms with Gasteiger partial charge in [0, 0.05) is 0 Å². The molecule has 0 spiro atoms. The quantitative estimate of drug-likeness (QED) is 0.673. The summed E-state index contributed by atoms with van der Waals surface area (Å²) in [5, 5.41) is 0.